The van der Waals surface area contributed by atoms with Crippen LogP contribution in [-0.4, -0.2) is 37.0 Å². The zero-order valence-electron chi connectivity index (χ0n) is 16.3. The summed E-state index contributed by atoms with van der Waals surface area (Å²) in [6.07, 6.45) is 0.680. The number of hydrogen-bond acceptors (Lipinski definition) is 5. The number of amides is 2. The van der Waals surface area contributed by atoms with Crippen molar-refractivity contribution in [1.82, 2.24) is 4.90 Å². The van der Waals surface area contributed by atoms with Crippen molar-refractivity contribution in [3.8, 4) is 11.5 Å². The zero-order chi connectivity index (χ0) is 20.1. The van der Waals surface area contributed by atoms with Gasteiger partial charge in [-0.1, -0.05) is 37.3 Å². The minimum Gasteiger partial charge on any atom is -0.496 e. The van der Waals surface area contributed by atoms with Gasteiger partial charge in [0.15, 0.2) is 0 Å². The Labute approximate surface area is 164 Å². The normalized spacial score (nSPS) is 13.9. The first kappa shape index (κ1) is 19.5. The molecule has 6 nitrogen and oxygen atoms in total. The molecule has 0 spiro atoms. The summed E-state index contributed by atoms with van der Waals surface area (Å²) in [6.45, 7) is 4.67. The van der Waals surface area contributed by atoms with Crippen molar-refractivity contribution in [3.05, 3.63) is 59.8 Å². The lowest BCUT2D eigenvalue weighted by atomic mass is 10.0. The van der Waals surface area contributed by atoms with Gasteiger partial charge in [-0.05, 0) is 31.5 Å². The molecular formula is C22H24N2O4. The highest BCUT2D eigenvalue weighted by Gasteiger charge is 2.39. The highest BCUT2D eigenvalue weighted by molar-refractivity contribution is 6.37. The number of nitrogens with zero attached hydrogens (tertiary/aromatic N) is 1. The molecule has 146 valence electrons. The third-order valence-electron chi connectivity index (χ3n) is 4.44. The summed E-state index contributed by atoms with van der Waals surface area (Å²) >= 11 is 0. The summed E-state index contributed by atoms with van der Waals surface area (Å²) in [7, 11) is 1.54. The van der Waals surface area contributed by atoms with Crippen molar-refractivity contribution in [2.24, 2.45) is 0 Å². The molecule has 1 aliphatic heterocycles. The molecular weight excluding hydrogens is 356 g/mol. The average molecular weight is 380 g/mol. The van der Waals surface area contributed by atoms with Crippen LogP contribution in [0.15, 0.2) is 54.2 Å². The van der Waals surface area contributed by atoms with Gasteiger partial charge in [-0.2, -0.15) is 0 Å². The topological polar surface area (TPSA) is 67.9 Å². The van der Waals surface area contributed by atoms with Gasteiger partial charge in [-0.15, -0.1) is 0 Å². The Morgan fingerprint density at radius 1 is 0.929 bits per heavy atom. The number of para-hydroxylation sites is 3. The number of ether oxygens (including phenoxy) is 2. The van der Waals surface area contributed by atoms with Gasteiger partial charge in [0, 0.05) is 12.1 Å². The van der Waals surface area contributed by atoms with E-state index >= 15 is 0 Å². The second-order valence-electron chi connectivity index (χ2n) is 6.27. The van der Waals surface area contributed by atoms with Gasteiger partial charge in [0.25, 0.3) is 11.8 Å². The number of carbonyl (C=O) groups is 2. The molecule has 0 saturated carbocycles. The van der Waals surface area contributed by atoms with Gasteiger partial charge in [-0.3, -0.25) is 14.5 Å². The zero-order valence-corrected chi connectivity index (χ0v) is 16.3. The molecule has 0 atom stereocenters. The summed E-state index contributed by atoms with van der Waals surface area (Å²) in [4.78, 5) is 27.4. The number of carbonyl (C=O) groups excluding carboxylic acids is 2. The minimum atomic E-state index is -0.348. The maximum Gasteiger partial charge on any atom is 0.278 e. The van der Waals surface area contributed by atoms with Gasteiger partial charge in [0.2, 0.25) is 0 Å². The second-order valence-corrected chi connectivity index (χ2v) is 6.27. The fraction of sp³-hybridized carbons (Fsp3) is 0.273. The fourth-order valence-corrected chi connectivity index (χ4v) is 3.21. The largest absolute Gasteiger partial charge is 0.496 e. The van der Waals surface area contributed by atoms with Crippen LogP contribution in [-0.2, 0) is 9.59 Å². The lowest BCUT2D eigenvalue weighted by molar-refractivity contribution is -0.136. The number of anilines is 1. The van der Waals surface area contributed by atoms with E-state index in [4.69, 9.17) is 9.47 Å². The molecule has 1 aliphatic rings. The molecule has 28 heavy (non-hydrogen) atoms. The Morgan fingerprint density at radius 3 is 2.29 bits per heavy atom. The van der Waals surface area contributed by atoms with Crippen LogP contribution in [0.1, 0.15) is 25.8 Å². The highest BCUT2D eigenvalue weighted by Crippen LogP contribution is 2.36. The molecule has 6 heteroatoms. The number of benzene rings is 2. The van der Waals surface area contributed by atoms with E-state index in [0.717, 1.165) is 0 Å². The van der Waals surface area contributed by atoms with E-state index in [2.05, 4.69) is 5.32 Å². The van der Waals surface area contributed by atoms with Crippen LogP contribution in [0.2, 0.25) is 0 Å². The third kappa shape index (κ3) is 3.58. The van der Waals surface area contributed by atoms with E-state index in [1.807, 2.05) is 50.2 Å². The van der Waals surface area contributed by atoms with Crippen molar-refractivity contribution in [1.29, 1.82) is 0 Å². The second kappa shape index (κ2) is 8.61. The van der Waals surface area contributed by atoms with Gasteiger partial charge in [-0.25, -0.2) is 0 Å². The molecule has 2 aromatic rings. The highest BCUT2D eigenvalue weighted by atomic mass is 16.5. The van der Waals surface area contributed by atoms with Crippen LogP contribution >= 0.6 is 0 Å². The Balaban J connectivity index is 2.13. The van der Waals surface area contributed by atoms with Crippen LogP contribution < -0.4 is 14.8 Å². The molecule has 0 bridgehead atoms. The molecule has 0 aromatic heterocycles. The summed E-state index contributed by atoms with van der Waals surface area (Å²) in [5.41, 5.74) is 1.75. The van der Waals surface area contributed by atoms with Crippen molar-refractivity contribution >= 4 is 23.1 Å². The molecule has 0 aliphatic carbocycles. The Hall–Kier alpha value is -3.28. The van der Waals surface area contributed by atoms with E-state index in [-0.39, 0.29) is 17.5 Å². The summed E-state index contributed by atoms with van der Waals surface area (Å²) in [6, 6.07) is 14.5. The first-order chi connectivity index (χ1) is 13.6. The molecule has 0 unspecified atom stereocenters. The first-order valence-electron chi connectivity index (χ1n) is 9.35. The average Bonchev–Trinajstić information content (AvgIpc) is 2.94. The molecule has 0 radical (unpaired) electrons. The SMILES string of the molecule is CCCN1C(=O)C(Nc2ccccc2OCC)=C(c2ccccc2OC)C1=O. The molecule has 0 saturated heterocycles. The van der Waals surface area contributed by atoms with Crippen molar-refractivity contribution in [2.75, 3.05) is 25.6 Å². The Morgan fingerprint density at radius 2 is 1.61 bits per heavy atom. The van der Waals surface area contributed by atoms with Crippen LogP contribution in [0.3, 0.4) is 0 Å². The van der Waals surface area contributed by atoms with Crippen LogP contribution in [0, 0.1) is 0 Å². The van der Waals surface area contributed by atoms with Gasteiger partial charge in [0.1, 0.15) is 17.2 Å². The lowest BCUT2D eigenvalue weighted by Gasteiger charge is -2.15. The van der Waals surface area contributed by atoms with E-state index in [1.165, 1.54) is 4.90 Å². The standard InChI is InChI=1S/C22H24N2O4/c1-4-14-24-21(25)19(15-10-6-8-12-17(15)27-3)20(22(24)26)23-16-11-7-9-13-18(16)28-5-2/h6-13,23H,4-5,14H2,1-3H3. The van der Waals surface area contributed by atoms with Crippen molar-refractivity contribution in [3.63, 3.8) is 0 Å². The Bertz CT molecular complexity index is 920. The summed E-state index contributed by atoms with van der Waals surface area (Å²) < 4.78 is 11.1. The summed E-state index contributed by atoms with van der Waals surface area (Å²) in [5, 5.41) is 3.15. The van der Waals surface area contributed by atoms with E-state index in [9.17, 15) is 9.59 Å². The van der Waals surface area contributed by atoms with Gasteiger partial charge < -0.3 is 14.8 Å². The Kier molecular flexibility index (Phi) is 5.99. The molecule has 1 heterocycles. The summed E-state index contributed by atoms with van der Waals surface area (Å²) in [5.74, 6) is 0.479. The molecule has 2 amide bonds. The molecule has 1 N–H and O–H groups in total. The first-order valence-corrected chi connectivity index (χ1v) is 9.35. The maximum absolute atomic E-state index is 13.1. The van der Waals surface area contributed by atoms with Gasteiger partial charge in [0.05, 0.1) is 25.0 Å². The predicted molar refractivity (Wildman–Crippen MR) is 108 cm³/mol. The number of nitrogens with one attached hydrogen (secondary N) is 1. The van der Waals surface area contributed by atoms with Crippen LogP contribution in [0.25, 0.3) is 5.57 Å². The van der Waals surface area contributed by atoms with Crippen molar-refractivity contribution < 1.29 is 19.1 Å². The molecule has 2 aromatic carbocycles. The smallest absolute Gasteiger partial charge is 0.278 e. The number of hydrogen-bond donors (Lipinski definition) is 1. The molecule has 0 fully saturated rings. The van der Waals surface area contributed by atoms with Crippen LogP contribution in [0.5, 0.6) is 11.5 Å². The number of imide groups is 1. The van der Waals surface area contributed by atoms with E-state index < -0.39 is 0 Å². The fourth-order valence-electron chi connectivity index (χ4n) is 3.21. The van der Waals surface area contributed by atoms with E-state index in [1.54, 1.807) is 19.2 Å². The minimum absolute atomic E-state index is 0.232. The van der Waals surface area contributed by atoms with Crippen LogP contribution in [0.4, 0.5) is 5.69 Å². The number of methoxy groups -OCH3 is 1. The number of rotatable bonds is 8. The third-order valence-corrected chi connectivity index (χ3v) is 4.44. The predicted octanol–water partition coefficient (Wildman–Crippen LogP) is 3.70. The molecule has 3 rings (SSSR count). The van der Waals surface area contributed by atoms with Gasteiger partial charge >= 0.3 is 0 Å². The maximum atomic E-state index is 13.1. The van der Waals surface area contributed by atoms with Crippen molar-refractivity contribution in [2.45, 2.75) is 20.3 Å². The lowest BCUT2D eigenvalue weighted by Crippen LogP contribution is -2.33. The monoisotopic (exact) mass is 380 g/mol. The van der Waals surface area contributed by atoms with E-state index in [0.29, 0.717) is 47.9 Å². The quantitative estimate of drug-likeness (QED) is 0.708.